The number of carboxylic acid groups (broad SMARTS) is 2. The van der Waals surface area contributed by atoms with Crippen molar-refractivity contribution in [3.63, 3.8) is 0 Å². The van der Waals surface area contributed by atoms with Crippen molar-refractivity contribution in [1.29, 1.82) is 0 Å². The monoisotopic (exact) mass is 499 g/mol. The zero-order valence-corrected chi connectivity index (χ0v) is 20.8. The number of nitrogens with zero attached hydrogens (tertiary/aromatic N) is 1. The standard InChI is InChI=1S/C27H33NO8/c1-25(2,3)36-24(33)28-26(22(29)30,18-34-16-20-10-6-4-7-11-20)14-15-27(28,23(31)32)19-35-17-21-12-8-5-9-13-21/h4-13H,14-19H2,1-3H3,(H,29,30)(H,31,32). The highest BCUT2D eigenvalue weighted by Gasteiger charge is 2.66. The Kier molecular flexibility index (Phi) is 8.37. The Morgan fingerprint density at radius 1 is 0.778 bits per heavy atom. The summed E-state index contributed by atoms with van der Waals surface area (Å²) in [6, 6.07) is 18.3. The van der Waals surface area contributed by atoms with Crippen molar-refractivity contribution in [2.24, 2.45) is 0 Å². The van der Waals surface area contributed by atoms with Crippen LogP contribution >= 0.6 is 0 Å². The molecule has 1 aliphatic heterocycles. The second kappa shape index (κ2) is 11.1. The third-order valence-electron chi connectivity index (χ3n) is 6.09. The van der Waals surface area contributed by atoms with Gasteiger partial charge in [-0.2, -0.15) is 0 Å². The Labute approximate surface area is 210 Å². The second-order valence-corrected chi connectivity index (χ2v) is 9.95. The van der Waals surface area contributed by atoms with E-state index in [0.29, 0.717) is 0 Å². The van der Waals surface area contributed by atoms with Gasteiger partial charge in [0.15, 0.2) is 11.1 Å². The van der Waals surface area contributed by atoms with Gasteiger partial charge in [0.05, 0.1) is 26.4 Å². The van der Waals surface area contributed by atoms with E-state index in [4.69, 9.17) is 14.2 Å². The van der Waals surface area contributed by atoms with Crippen LogP contribution in [0.1, 0.15) is 44.7 Å². The fourth-order valence-corrected chi connectivity index (χ4v) is 4.33. The molecule has 2 unspecified atom stereocenters. The molecular formula is C27H33NO8. The first-order chi connectivity index (χ1) is 17.0. The smallest absolute Gasteiger partial charge is 0.412 e. The highest BCUT2D eigenvalue weighted by Crippen LogP contribution is 2.44. The van der Waals surface area contributed by atoms with Gasteiger partial charge in [-0.15, -0.1) is 0 Å². The molecule has 0 radical (unpaired) electrons. The first kappa shape index (κ1) is 27.2. The quantitative estimate of drug-likeness (QED) is 0.501. The van der Waals surface area contributed by atoms with Crippen LogP contribution in [0.3, 0.4) is 0 Å². The average Bonchev–Trinajstić information content (AvgIpc) is 3.16. The zero-order chi connectivity index (χ0) is 26.4. The number of hydrogen-bond acceptors (Lipinski definition) is 6. The molecule has 0 spiro atoms. The summed E-state index contributed by atoms with van der Waals surface area (Å²) in [5, 5.41) is 20.7. The number of carboxylic acids is 2. The van der Waals surface area contributed by atoms with Crippen LogP contribution in [0.4, 0.5) is 4.79 Å². The molecule has 1 amide bonds. The SMILES string of the molecule is CC(C)(C)OC(=O)N1C(COCc2ccccc2)(C(=O)O)CCC1(COCc1ccccc1)C(=O)O. The minimum Gasteiger partial charge on any atom is -0.479 e. The maximum atomic E-state index is 13.4. The second-order valence-electron chi connectivity index (χ2n) is 9.95. The van der Waals surface area contributed by atoms with E-state index < -0.39 is 47.9 Å². The largest absolute Gasteiger partial charge is 0.479 e. The first-order valence-corrected chi connectivity index (χ1v) is 11.7. The Morgan fingerprint density at radius 2 is 1.17 bits per heavy atom. The van der Waals surface area contributed by atoms with E-state index in [-0.39, 0.29) is 26.1 Å². The molecule has 2 aromatic rings. The molecule has 1 aliphatic rings. The molecule has 0 aromatic heterocycles. The fourth-order valence-electron chi connectivity index (χ4n) is 4.33. The Balaban J connectivity index is 1.92. The molecule has 1 heterocycles. The first-order valence-electron chi connectivity index (χ1n) is 11.7. The van der Waals surface area contributed by atoms with Crippen LogP contribution < -0.4 is 0 Å². The van der Waals surface area contributed by atoms with Crippen molar-refractivity contribution in [3.8, 4) is 0 Å². The number of benzene rings is 2. The molecule has 3 rings (SSSR count). The molecule has 2 N–H and O–H groups in total. The van der Waals surface area contributed by atoms with Crippen LogP contribution in [0.25, 0.3) is 0 Å². The third kappa shape index (κ3) is 6.03. The summed E-state index contributed by atoms with van der Waals surface area (Å²) in [4.78, 5) is 39.6. The van der Waals surface area contributed by atoms with E-state index in [1.165, 1.54) is 0 Å². The van der Waals surface area contributed by atoms with Gasteiger partial charge in [0, 0.05) is 0 Å². The van der Waals surface area contributed by atoms with Crippen LogP contribution in [0.5, 0.6) is 0 Å². The molecule has 0 aliphatic carbocycles. The number of hydrogen-bond donors (Lipinski definition) is 2. The average molecular weight is 500 g/mol. The summed E-state index contributed by atoms with van der Waals surface area (Å²) in [5.41, 5.74) is -3.26. The molecule has 9 heteroatoms. The minimum absolute atomic E-state index is 0.0998. The van der Waals surface area contributed by atoms with Gasteiger partial charge in [0.2, 0.25) is 0 Å². The van der Waals surface area contributed by atoms with Crippen LogP contribution in [0, 0.1) is 0 Å². The summed E-state index contributed by atoms with van der Waals surface area (Å²) in [7, 11) is 0. The van der Waals surface area contributed by atoms with Crippen molar-refractivity contribution in [2.45, 2.75) is 63.5 Å². The molecule has 36 heavy (non-hydrogen) atoms. The van der Waals surface area contributed by atoms with Crippen molar-refractivity contribution < 1.29 is 38.8 Å². The van der Waals surface area contributed by atoms with Gasteiger partial charge in [-0.05, 0) is 44.7 Å². The lowest BCUT2D eigenvalue weighted by atomic mass is 9.96. The van der Waals surface area contributed by atoms with Crippen molar-refractivity contribution in [1.82, 2.24) is 4.90 Å². The van der Waals surface area contributed by atoms with Crippen LogP contribution in [0.2, 0.25) is 0 Å². The summed E-state index contributed by atoms with van der Waals surface area (Å²) in [6.07, 6.45) is -1.33. The van der Waals surface area contributed by atoms with Gasteiger partial charge in [-0.3, -0.25) is 4.90 Å². The number of ether oxygens (including phenoxy) is 3. The van der Waals surface area contributed by atoms with E-state index in [2.05, 4.69) is 0 Å². The van der Waals surface area contributed by atoms with Gasteiger partial charge in [0.25, 0.3) is 0 Å². The molecule has 194 valence electrons. The lowest BCUT2D eigenvalue weighted by Crippen LogP contribution is -2.67. The number of carbonyl (C=O) groups excluding carboxylic acids is 1. The number of amides is 1. The number of rotatable bonds is 10. The fraction of sp³-hybridized carbons (Fsp3) is 0.444. The Morgan fingerprint density at radius 3 is 1.50 bits per heavy atom. The van der Waals surface area contributed by atoms with Crippen molar-refractivity contribution >= 4 is 18.0 Å². The van der Waals surface area contributed by atoms with Gasteiger partial charge >= 0.3 is 18.0 Å². The third-order valence-corrected chi connectivity index (χ3v) is 6.09. The molecule has 9 nitrogen and oxygen atoms in total. The molecule has 0 bridgehead atoms. The summed E-state index contributed by atoms with van der Waals surface area (Å²) in [6.45, 7) is 4.26. The Hall–Kier alpha value is -3.43. The van der Waals surface area contributed by atoms with Crippen molar-refractivity contribution in [3.05, 3.63) is 71.8 Å². The predicted octanol–water partition coefficient (Wildman–Crippen LogP) is 4.10. The van der Waals surface area contributed by atoms with Crippen molar-refractivity contribution in [2.75, 3.05) is 13.2 Å². The van der Waals surface area contributed by atoms with Gasteiger partial charge < -0.3 is 24.4 Å². The zero-order valence-electron chi connectivity index (χ0n) is 20.8. The van der Waals surface area contributed by atoms with E-state index in [9.17, 15) is 24.6 Å². The number of likely N-dealkylation sites (tertiary alicyclic amines) is 1. The Bertz CT molecular complexity index is 981. The van der Waals surface area contributed by atoms with E-state index >= 15 is 0 Å². The van der Waals surface area contributed by atoms with E-state index in [0.717, 1.165) is 16.0 Å². The van der Waals surface area contributed by atoms with E-state index in [1.807, 2.05) is 60.7 Å². The molecule has 1 saturated heterocycles. The van der Waals surface area contributed by atoms with Gasteiger partial charge in [-0.25, -0.2) is 14.4 Å². The lowest BCUT2D eigenvalue weighted by molar-refractivity contribution is -0.167. The number of carbonyl (C=O) groups is 3. The molecule has 0 saturated carbocycles. The summed E-state index contributed by atoms with van der Waals surface area (Å²) >= 11 is 0. The normalized spacial score (nSPS) is 21.8. The predicted molar refractivity (Wildman–Crippen MR) is 130 cm³/mol. The maximum absolute atomic E-state index is 13.4. The van der Waals surface area contributed by atoms with Crippen LogP contribution in [-0.2, 0) is 37.0 Å². The molecule has 1 fully saturated rings. The highest BCUT2D eigenvalue weighted by atomic mass is 16.6. The molecule has 2 atom stereocenters. The van der Waals surface area contributed by atoms with Gasteiger partial charge in [-0.1, -0.05) is 60.7 Å². The number of aliphatic carboxylic acids is 2. The topological polar surface area (TPSA) is 123 Å². The lowest BCUT2D eigenvalue weighted by Gasteiger charge is -2.42. The van der Waals surface area contributed by atoms with Crippen LogP contribution in [0.15, 0.2) is 60.7 Å². The molecule has 2 aromatic carbocycles. The maximum Gasteiger partial charge on any atom is 0.412 e. The van der Waals surface area contributed by atoms with E-state index in [1.54, 1.807) is 20.8 Å². The van der Waals surface area contributed by atoms with Gasteiger partial charge in [0.1, 0.15) is 5.60 Å². The van der Waals surface area contributed by atoms with Crippen LogP contribution in [-0.4, -0.2) is 63.0 Å². The highest BCUT2D eigenvalue weighted by molar-refractivity contribution is 5.92. The summed E-state index contributed by atoms with van der Waals surface area (Å²) < 4.78 is 17.0. The molecular weight excluding hydrogens is 466 g/mol. The minimum atomic E-state index is -1.95. The summed E-state index contributed by atoms with van der Waals surface area (Å²) in [5.74, 6) is -2.74.